The molecule has 4 rings (SSSR count). The summed E-state index contributed by atoms with van der Waals surface area (Å²) in [6.07, 6.45) is 3.81. The highest BCUT2D eigenvalue weighted by atomic mass is 32.2. The van der Waals surface area contributed by atoms with E-state index in [0.717, 1.165) is 34.6 Å². The van der Waals surface area contributed by atoms with E-state index >= 15 is 0 Å². The summed E-state index contributed by atoms with van der Waals surface area (Å²) < 4.78 is 6.06. The molecule has 0 radical (unpaired) electrons. The molecule has 2 aromatic carbocycles. The number of rotatable bonds is 8. The second-order valence-electron chi connectivity index (χ2n) is 7.13. The lowest BCUT2D eigenvalue weighted by Crippen LogP contribution is -2.29. The molecule has 31 heavy (non-hydrogen) atoms. The third-order valence-corrected chi connectivity index (χ3v) is 6.93. The van der Waals surface area contributed by atoms with E-state index in [1.165, 1.54) is 48.0 Å². The van der Waals surface area contributed by atoms with Crippen LogP contribution in [0.2, 0.25) is 0 Å². The molecule has 1 aromatic heterocycles. The van der Waals surface area contributed by atoms with Gasteiger partial charge in [-0.25, -0.2) is 0 Å². The Kier molecular flexibility index (Phi) is 7.26. The molecule has 9 heteroatoms. The first kappa shape index (κ1) is 21.5. The molecule has 0 saturated carbocycles. The van der Waals surface area contributed by atoms with Gasteiger partial charge in [-0.3, -0.25) is 4.79 Å². The summed E-state index contributed by atoms with van der Waals surface area (Å²) in [5.41, 5.74) is 2.85. The number of methoxy groups -OCH3 is 1. The number of hydrogen-bond acceptors (Lipinski definition) is 8. The quantitative estimate of drug-likeness (QED) is 0.462. The predicted molar refractivity (Wildman–Crippen MR) is 128 cm³/mol. The Morgan fingerprint density at radius 1 is 1.10 bits per heavy atom. The van der Waals surface area contributed by atoms with Gasteiger partial charge in [-0.05, 0) is 55.7 Å². The highest BCUT2D eigenvalue weighted by Crippen LogP contribution is 2.31. The zero-order chi connectivity index (χ0) is 21.5. The molecule has 0 atom stereocenters. The van der Waals surface area contributed by atoms with Crippen LogP contribution >= 0.6 is 23.1 Å². The molecule has 1 aliphatic heterocycles. The molecule has 0 aliphatic carbocycles. The van der Waals surface area contributed by atoms with Crippen molar-refractivity contribution in [3.63, 3.8) is 0 Å². The molecule has 2 heterocycles. The Morgan fingerprint density at radius 2 is 1.87 bits per heavy atom. The molecule has 1 fully saturated rings. The van der Waals surface area contributed by atoms with Gasteiger partial charge < -0.3 is 20.3 Å². The average Bonchev–Trinajstić information content (AvgIpc) is 3.26. The molecular formula is C22H25N5O2S2. The van der Waals surface area contributed by atoms with E-state index in [-0.39, 0.29) is 11.7 Å². The third-order valence-electron chi connectivity index (χ3n) is 4.95. The summed E-state index contributed by atoms with van der Waals surface area (Å²) in [5, 5.41) is 15.1. The van der Waals surface area contributed by atoms with Crippen LogP contribution in [0.1, 0.15) is 19.3 Å². The van der Waals surface area contributed by atoms with Gasteiger partial charge in [-0.1, -0.05) is 35.2 Å². The van der Waals surface area contributed by atoms with Crippen LogP contribution in [0.25, 0.3) is 0 Å². The fraction of sp³-hybridized carbons (Fsp3) is 0.318. The van der Waals surface area contributed by atoms with Crippen molar-refractivity contribution in [1.29, 1.82) is 0 Å². The smallest absolute Gasteiger partial charge is 0.234 e. The van der Waals surface area contributed by atoms with Crippen molar-refractivity contribution in [2.45, 2.75) is 23.6 Å². The molecule has 1 aliphatic rings. The van der Waals surface area contributed by atoms with E-state index in [9.17, 15) is 4.79 Å². The van der Waals surface area contributed by atoms with Crippen molar-refractivity contribution in [3.05, 3.63) is 48.5 Å². The maximum absolute atomic E-state index is 12.3. The number of aromatic nitrogens is 2. The maximum atomic E-state index is 12.3. The van der Waals surface area contributed by atoms with Crippen molar-refractivity contribution >= 4 is 51.2 Å². The number of para-hydroxylation sites is 2. The Balaban J connectivity index is 1.26. The number of carbonyl (C=O) groups is 1. The zero-order valence-corrected chi connectivity index (χ0v) is 19.0. The summed E-state index contributed by atoms with van der Waals surface area (Å²) in [7, 11) is 1.63. The number of benzene rings is 2. The largest absolute Gasteiger partial charge is 0.495 e. The van der Waals surface area contributed by atoms with Gasteiger partial charge in [0.05, 0.1) is 18.6 Å². The van der Waals surface area contributed by atoms with Gasteiger partial charge in [0, 0.05) is 24.5 Å². The number of hydrogen-bond donors (Lipinski definition) is 2. The van der Waals surface area contributed by atoms with Crippen molar-refractivity contribution in [3.8, 4) is 5.75 Å². The van der Waals surface area contributed by atoms with Crippen molar-refractivity contribution < 1.29 is 9.53 Å². The van der Waals surface area contributed by atoms with Crippen LogP contribution in [-0.4, -0.2) is 42.1 Å². The van der Waals surface area contributed by atoms with E-state index in [0.29, 0.717) is 5.13 Å². The highest BCUT2D eigenvalue weighted by molar-refractivity contribution is 8.01. The predicted octanol–water partition coefficient (Wildman–Crippen LogP) is 5.01. The van der Waals surface area contributed by atoms with Crippen LogP contribution < -0.4 is 20.3 Å². The molecule has 1 saturated heterocycles. The summed E-state index contributed by atoms with van der Waals surface area (Å²) in [6.45, 7) is 2.22. The molecule has 7 nitrogen and oxygen atoms in total. The minimum Gasteiger partial charge on any atom is -0.495 e. The van der Waals surface area contributed by atoms with Crippen LogP contribution in [-0.2, 0) is 4.79 Å². The first-order chi connectivity index (χ1) is 15.2. The molecule has 162 valence electrons. The number of ether oxygens (including phenoxy) is 1. The minimum atomic E-state index is -0.0647. The van der Waals surface area contributed by atoms with Crippen LogP contribution in [0.4, 0.5) is 22.2 Å². The molecule has 0 bridgehead atoms. The lowest BCUT2D eigenvalue weighted by atomic mass is 10.1. The molecule has 1 amide bonds. The number of nitrogens with zero attached hydrogens (tertiary/aromatic N) is 3. The SMILES string of the molecule is COc1ccccc1Nc1nnc(SCC(=O)Nc2ccc(N3CCCCC3)cc2)s1. The highest BCUT2D eigenvalue weighted by Gasteiger charge is 2.12. The molecular weight excluding hydrogens is 430 g/mol. The summed E-state index contributed by atoms with van der Waals surface area (Å²) in [6, 6.07) is 15.7. The molecule has 3 aromatic rings. The average molecular weight is 456 g/mol. The normalized spacial score (nSPS) is 13.6. The zero-order valence-electron chi connectivity index (χ0n) is 17.3. The lowest BCUT2D eigenvalue weighted by Gasteiger charge is -2.28. The van der Waals surface area contributed by atoms with Gasteiger partial charge in [0.2, 0.25) is 11.0 Å². The van der Waals surface area contributed by atoms with Crippen LogP contribution in [0, 0.1) is 0 Å². The number of nitrogens with one attached hydrogen (secondary N) is 2. The topological polar surface area (TPSA) is 79.4 Å². The van der Waals surface area contributed by atoms with Crippen molar-refractivity contribution in [2.75, 3.05) is 41.5 Å². The van der Waals surface area contributed by atoms with Gasteiger partial charge in [-0.15, -0.1) is 10.2 Å². The van der Waals surface area contributed by atoms with E-state index in [1.807, 2.05) is 36.4 Å². The van der Waals surface area contributed by atoms with Crippen LogP contribution in [0.15, 0.2) is 52.9 Å². The van der Waals surface area contributed by atoms with Gasteiger partial charge in [0.1, 0.15) is 5.75 Å². The molecule has 0 unspecified atom stereocenters. The first-order valence-corrected chi connectivity index (χ1v) is 12.0. The number of amides is 1. The van der Waals surface area contributed by atoms with E-state index in [2.05, 4.69) is 37.9 Å². The fourth-order valence-corrected chi connectivity index (χ4v) is 4.98. The number of carbonyl (C=O) groups excluding carboxylic acids is 1. The number of anilines is 4. The monoisotopic (exact) mass is 455 g/mol. The second-order valence-corrected chi connectivity index (χ2v) is 9.33. The van der Waals surface area contributed by atoms with E-state index in [1.54, 1.807) is 7.11 Å². The van der Waals surface area contributed by atoms with E-state index < -0.39 is 0 Å². The Bertz CT molecular complexity index is 1000. The first-order valence-electron chi connectivity index (χ1n) is 10.2. The summed E-state index contributed by atoms with van der Waals surface area (Å²) in [5.74, 6) is 0.944. The van der Waals surface area contributed by atoms with Gasteiger partial charge in [-0.2, -0.15) is 0 Å². The summed E-state index contributed by atoms with van der Waals surface area (Å²) in [4.78, 5) is 14.7. The van der Waals surface area contributed by atoms with Gasteiger partial charge in [0.15, 0.2) is 4.34 Å². The van der Waals surface area contributed by atoms with Gasteiger partial charge in [0.25, 0.3) is 0 Å². The van der Waals surface area contributed by atoms with Gasteiger partial charge >= 0.3 is 0 Å². The fourth-order valence-electron chi connectivity index (χ4n) is 3.41. The third kappa shape index (κ3) is 5.89. The number of piperidine rings is 1. The van der Waals surface area contributed by atoms with Crippen molar-refractivity contribution in [2.24, 2.45) is 0 Å². The van der Waals surface area contributed by atoms with Crippen molar-refractivity contribution in [1.82, 2.24) is 10.2 Å². The summed E-state index contributed by atoms with van der Waals surface area (Å²) >= 11 is 2.77. The minimum absolute atomic E-state index is 0.0647. The van der Waals surface area contributed by atoms with Crippen LogP contribution in [0.5, 0.6) is 5.75 Å². The van der Waals surface area contributed by atoms with E-state index in [4.69, 9.17) is 4.74 Å². The Morgan fingerprint density at radius 3 is 2.65 bits per heavy atom. The number of thioether (sulfide) groups is 1. The molecule has 0 spiro atoms. The Labute approximate surface area is 190 Å². The standard InChI is InChI=1S/C22H25N5O2S2/c1-29-19-8-4-3-7-18(19)24-21-25-26-22(31-21)30-15-20(28)23-16-9-11-17(12-10-16)27-13-5-2-6-14-27/h3-4,7-12H,2,5-6,13-15H2,1H3,(H,23,28)(H,24,25). The maximum Gasteiger partial charge on any atom is 0.234 e. The molecule has 2 N–H and O–H groups in total. The lowest BCUT2D eigenvalue weighted by molar-refractivity contribution is -0.113. The second kappa shape index (κ2) is 10.5. The Hall–Kier alpha value is -2.78. The van der Waals surface area contributed by atoms with Crippen LogP contribution in [0.3, 0.4) is 0 Å².